The van der Waals surface area contributed by atoms with E-state index in [2.05, 4.69) is 0 Å². The zero-order chi connectivity index (χ0) is 10.8. The van der Waals surface area contributed by atoms with Gasteiger partial charge in [0, 0.05) is 5.56 Å². The van der Waals surface area contributed by atoms with Crippen molar-refractivity contribution in [2.24, 2.45) is 5.73 Å². The summed E-state index contributed by atoms with van der Waals surface area (Å²) in [6.45, 7) is 0.511. The Labute approximate surface area is 101 Å². The second-order valence-electron chi connectivity index (χ2n) is 3.97. The summed E-state index contributed by atoms with van der Waals surface area (Å²) in [5.41, 5.74) is 7.46. The van der Waals surface area contributed by atoms with Crippen molar-refractivity contribution in [2.75, 3.05) is 13.7 Å². The van der Waals surface area contributed by atoms with Gasteiger partial charge >= 0.3 is 0 Å². The minimum atomic E-state index is -0.138. The zero-order valence-corrected chi connectivity index (χ0v) is 10.1. The third-order valence-electron chi connectivity index (χ3n) is 3.15. The summed E-state index contributed by atoms with van der Waals surface area (Å²) in [4.78, 5) is 0. The molecule has 1 atom stereocenters. The minimum Gasteiger partial charge on any atom is -0.496 e. The van der Waals surface area contributed by atoms with Gasteiger partial charge in [0.05, 0.1) is 7.11 Å². The highest BCUT2D eigenvalue weighted by atomic mass is 35.5. The molecule has 2 N–H and O–H groups in total. The Bertz CT molecular complexity index is 370. The molecule has 0 radical (unpaired) electrons. The molecule has 4 heteroatoms. The van der Waals surface area contributed by atoms with Crippen LogP contribution in [-0.2, 0) is 6.42 Å². The van der Waals surface area contributed by atoms with Gasteiger partial charge < -0.3 is 10.5 Å². The van der Waals surface area contributed by atoms with Crippen molar-refractivity contribution in [1.82, 2.24) is 0 Å². The van der Waals surface area contributed by atoms with Gasteiger partial charge in [-0.15, -0.1) is 12.4 Å². The van der Waals surface area contributed by atoms with Crippen molar-refractivity contribution in [2.45, 2.75) is 25.2 Å². The number of rotatable bonds is 2. The third-order valence-corrected chi connectivity index (χ3v) is 3.15. The Hall–Kier alpha value is -0.800. The van der Waals surface area contributed by atoms with E-state index in [1.165, 1.54) is 6.07 Å². The molecule has 0 saturated heterocycles. The highest BCUT2D eigenvalue weighted by Gasteiger charge is 2.25. The number of nitrogens with two attached hydrogens (primary N) is 1. The van der Waals surface area contributed by atoms with Gasteiger partial charge in [0.2, 0.25) is 0 Å². The monoisotopic (exact) mass is 245 g/mol. The first-order valence-corrected chi connectivity index (χ1v) is 5.33. The molecule has 0 aliphatic heterocycles. The first-order valence-electron chi connectivity index (χ1n) is 5.33. The number of ether oxygens (including phenoxy) is 1. The Morgan fingerprint density at radius 1 is 1.50 bits per heavy atom. The first kappa shape index (κ1) is 13.3. The molecule has 0 saturated carbocycles. The van der Waals surface area contributed by atoms with Crippen molar-refractivity contribution >= 4 is 12.4 Å². The van der Waals surface area contributed by atoms with Crippen LogP contribution < -0.4 is 10.5 Å². The summed E-state index contributed by atoms with van der Waals surface area (Å²) in [5, 5.41) is 0. The number of hydrogen-bond donors (Lipinski definition) is 1. The average molecular weight is 246 g/mol. The lowest BCUT2D eigenvalue weighted by Gasteiger charge is -2.26. The van der Waals surface area contributed by atoms with Crippen LogP contribution in [0.15, 0.2) is 12.1 Å². The molecule has 0 bridgehead atoms. The molecule has 90 valence electrons. The Morgan fingerprint density at radius 3 is 2.88 bits per heavy atom. The van der Waals surface area contributed by atoms with Gasteiger partial charge in [0.25, 0.3) is 0 Å². The van der Waals surface area contributed by atoms with Crippen LogP contribution in [0, 0.1) is 5.82 Å². The van der Waals surface area contributed by atoms with Crippen LogP contribution in [0.25, 0.3) is 0 Å². The van der Waals surface area contributed by atoms with E-state index in [1.807, 2.05) is 0 Å². The van der Waals surface area contributed by atoms with Crippen LogP contribution in [0.3, 0.4) is 0 Å². The van der Waals surface area contributed by atoms with Crippen molar-refractivity contribution in [3.8, 4) is 5.75 Å². The molecule has 1 aliphatic rings. The summed E-state index contributed by atoms with van der Waals surface area (Å²) in [6.07, 6.45) is 2.94. The highest BCUT2D eigenvalue weighted by molar-refractivity contribution is 5.85. The van der Waals surface area contributed by atoms with Crippen molar-refractivity contribution < 1.29 is 9.13 Å². The Kier molecular flexibility index (Phi) is 4.56. The molecule has 2 rings (SSSR count). The van der Waals surface area contributed by atoms with E-state index in [9.17, 15) is 4.39 Å². The second kappa shape index (κ2) is 5.51. The fourth-order valence-corrected chi connectivity index (χ4v) is 2.41. The van der Waals surface area contributed by atoms with E-state index < -0.39 is 0 Å². The molecule has 1 aromatic carbocycles. The molecule has 16 heavy (non-hydrogen) atoms. The Balaban J connectivity index is 0.00000128. The van der Waals surface area contributed by atoms with Gasteiger partial charge in [-0.05, 0) is 49.4 Å². The van der Waals surface area contributed by atoms with E-state index in [-0.39, 0.29) is 24.1 Å². The summed E-state index contributed by atoms with van der Waals surface area (Å²) in [7, 11) is 1.62. The number of methoxy groups -OCH3 is 1. The lowest BCUT2D eigenvalue weighted by molar-refractivity contribution is 0.399. The molecular weight excluding hydrogens is 229 g/mol. The molecule has 0 unspecified atom stereocenters. The molecular formula is C12H17ClFNO. The fourth-order valence-electron chi connectivity index (χ4n) is 2.41. The normalized spacial score (nSPS) is 18.6. The lowest BCUT2D eigenvalue weighted by atomic mass is 9.82. The maximum atomic E-state index is 13.7. The molecule has 0 aromatic heterocycles. The zero-order valence-electron chi connectivity index (χ0n) is 9.33. The van der Waals surface area contributed by atoms with Crippen molar-refractivity contribution in [3.05, 3.63) is 29.1 Å². The molecule has 1 aromatic rings. The fraction of sp³-hybridized carbons (Fsp3) is 0.500. The van der Waals surface area contributed by atoms with Crippen molar-refractivity contribution in [1.29, 1.82) is 0 Å². The largest absolute Gasteiger partial charge is 0.496 e. The molecule has 1 aliphatic carbocycles. The predicted molar refractivity (Wildman–Crippen MR) is 64.9 cm³/mol. The third kappa shape index (κ3) is 2.15. The second-order valence-corrected chi connectivity index (χ2v) is 3.97. The Morgan fingerprint density at radius 2 is 2.25 bits per heavy atom. The van der Waals surface area contributed by atoms with E-state index in [4.69, 9.17) is 10.5 Å². The van der Waals surface area contributed by atoms with E-state index in [1.54, 1.807) is 13.2 Å². The van der Waals surface area contributed by atoms with Crippen LogP contribution in [0.5, 0.6) is 5.75 Å². The lowest BCUT2D eigenvalue weighted by Crippen LogP contribution is -2.20. The topological polar surface area (TPSA) is 35.2 Å². The van der Waals surface area contributed by atoms with Gasteiger partial charge in [0.15, 0.2) is 0 Å². The maximum Gasteiger partial charge on any atom is 0.127 e. The standard InChI is InChI=1S/C12H16FNO.ClH/c1-15-11-6-5-10(13)12-8(7-14)3-2-4-9(11)12;/h5-6,8H,2-4,7,14H2,1H3;1H/t8-;/m0./s1. The highest BCUT2D eigenvalue weighted by Crippen LogP contribution is 2.37. The summed E-state index contributed by atoms with van der Waals surface area (Å²) >= 11 is 0. The molecule has 0 spiro atoms. The van der Waals surface area contributed by atoms with Gasteiger partial charge in [-0.25, -0.2) is 4.39 Å². The maximum absolute atomic E-state index is 13.7. The van der Waals surface area contributed by atoms with Crippen LogP contribution in [0.2, 0.25) is 0 Å². The van der Waals surface area contributed by atoms with Gasteiger partial charge in [-0.2, -0.15) is 0 Å². The number of benzene rings is 1. The summed E-state index contributed by atoms with van der Waals surface area (Å²) < 4.78 is 19.0. The summed E-state index contributed by atoms with van der Waals surface area (Å²) in [5.74, 6) is 0.814. The predicted octanol–water partition coefficient (Wildman–Crippen LogP) is 2.63. The van der Waals surface area contributed by atoms with Crippen LogP contribution in [0.4, 0.5) is 4.39 Å². The van der Waals surface area contributed by atoms with Gasteiger partial charge in [0.1, 0.15) is 11.6 Å². The van der Waals surface area contributed by atoms with Gasteiger partial charge in [-0.1, -0.05) is 0 Å². The smallest absolute Gasteiger partial charge is 0.127 e. The SMILES string of the molecule is COc1ccc(F)c2c1CCC[C@H]2CN.Cl. The summed E-state index contributed by atoms with van der Waals surface area (Å²) in [6, 6.07) is 3.18. The van der Waals surface area contributed by atoms with E-state index in [0.717, 1.165) is 36.1 Å². The molecule has 0 fully saturated rings. The van der Waals surface area contributed by atoms with Crippen molar-refractivity contribution in [3.63, 3.8) is 0 Å². The number of hydrogen-bond acceptors (Lipinski definition) is 2. The molecule has 0 heterocycles. The minimum absolute atomic E-state index is 0. The van der Waals surface area contributed by atoms with Crippen LogP contribution in [-0.4, -0.2) is 13.7 Å². The number of fused-ring (bicyclic) bond motifs is 1. The average Bonchev–Trinajstić information content (AvgIpc) is 2.29. The van der Waals surface area contributed by atoms with Crippen LogP contribution >= 0.6 is 12.4 Å². The number of halogens is 2. The van der Waals surface area contributed by atoms with E-state index in [0.29, 0.717) is 6.54 Å². The first-order chi connectivity index (χ1) is 7.27. The van der Waals surface area contributed by atoms with E-state index >= 15 is 0 Å². The van der Waals surface area contributed by atoms with Gasteiger partial charge in [-0.3, -0.25) is 0 Å². The van der Waals surface area contributed by atoms with Crippen LogP contribution in [0.1, 0.15) is 29.9 Å². The molecule has 2 nitrogen and oxygen atoms in total. The molecule has 0 amide bonds. The quantitative estimate of drug-likeness (QED) is 0.870.